The maximum Gasteiger partial charge on any atom is 0.409 e. The number of hydrogen-bond acceptors (Lipinski definition) is 10. The van der Waals surface area contributed by atoms with E-state index >= 15 is 0 Å². The third-order valence-corrected chi connectivity index (χ3v) is 9.87. The number of alkyl halides is 6. The average molecular weight is 817 g/mol. The predicted molar refractivity (Wildman–Crippen MR) is 213 cm³/mol. The van der Waals surface area contributed by atoms with E-state index in [4.69, 9.17) is 19.7 Å². The summed E-state index contributed by atoms with van der Waals surface area (Å²) in [6, 6.07) is 11.8. The third kappa shape index (κ3) is 12.0. The summed E-state index contributed by atoms with van der Waals surface area (Å²) in [6.07, 6.45) is 8.78. The van der Waals surface area contributed by atoms with Crippen LogP contribution >= 0.6 is 23.5 Å². The van der Waals surface area contributed by atoms with E-state index in [1.807, 2.05) is 111 Å². The fourth-order valence-electron chi connectivity index (χ4n) is 5.59. The quantitative estimate of drug-likeness (QED) is 0.100. The van der Waals surface area contributed by atoms with Crippen LogP contribution in [0.25, 0.3) is 0 Å². The first-order valence-corrected chi connectivity index (χ1v) is 19.7. The highest BCUT2D eigenvalue weighted by Crippen LogP contribution is 2.33. The van der Waals surface area contributed by atoms with Crippen LogP contribution in [0.3, 0.4) is 0 Å². The molecule has 0 saturated heterocycles. The Labute approximate surface area is 331 Å². The van der Waals surface area contributed by atoms with Gasteiger partial charge in [-0.25, -0.2) is 0 Å². The minimum absolute atomic E-state index is 0.147. The zero-order chi connectivity index (χ0) is 40.6. The molecule has 16 heteroatoms. The fraction of sp³-hybridized carbons (Fsp3) is 0.300. The first kappa shape index (κ1) is 42.2. The number of amidine groups is 2. The smallest absolute Gasteiger partial charge is 0.409 e. The number of rotatable bonds is 15. The number of nitrogens with zero attached hydrogens (tertiary/aromatic N) is 6. The maximum absolute atomic E-state index is 12.7. The molecule has 3 aliphatic rings. The highest BCUT2D eigenvalue weighted by atomic mass is 32.2. The van der Waals surface area contributed by atoms with Gasteiger partial charge in [0.25, 0.3) is 0 Å². The molecule has 0 saturated carbocycles. The lowest BCUT2D eigenvalue weighted by Gasteiger charge is -2.26. The Hall–Kier alpha value is -4.96. The number of allylic oxidation sites excluding steroid dienone is 9. The number of halogens is 6. The summed E-state index contributed by atoms with van der Waals surface area (Å²) in [5.41, 5.74) is 3.44. The molecule has 2 aromatic carbocycles. The van der Waals surface area contributed by atoms with Crippen LogP contribution in [0.2, 0.25) is 0 Å². The normalized spacial score (nSPS) is 17.5. The minimum atomic E-state index is -4.44. The van der Waals surface area contributed by atoms with Crippen LogP contribution in [-0.4, -0.2) is 96.0 Å². The topological polar surface area (TPSA) is 56.1 Å². The van der Waals surface area contributed by atoms with Crippen molar-refractivity contribution in [3.8, 4) is 11.5 Å². The molecule has 5 rings (SSSR count). The van der Waals surface area contributed by atoms with Crippen molar-refractivity contribution in [1.82, 2.24) is 19.8 Å². The predicted octanol–water partition coefficient (Wildman–Crippen LogP) is 9.67. The van der Waals surface area contributed by atoms with E-state index in [1.54, 1.807) is 23.5 Å². The van der Waals surface area contributed by atoms with Gasteiger partial charge in [-0.2, -0.15) is 36.5 Å². The van der Waals surface area contributed by atoms with Crippen molar-refractivity contribution < 1.29 is 35.8 Å². The van der Waals surface area contributed by atoms with Gasteiger partial charge in [-0.05, 0) is 97.7 Å². The van der Waals surface area contributed by atoms with Crippen molar-refractivity contribution in [2.24, 2.45) is 10.2 Å². The summed E-state index contributed by atoms with van der Waals surface area (Å²) in [4.78, 5) is 5.84. The van der Waals surface area contributed by atoms with E-state index in [1.165, 1.54) is 34.6 Å². The van der Waals surface area contributed by atoms with E-state index in [0.29, 0.717) is 23.2 Å². The van der Waals surface area contributed by atoms with E-state index < -0.39 is 24.6 Å². The zero-order valence-electron chi connectivity index (χ0n) is 31.5. The van der Waals surface area contributed by atoms with E-state index in [-0.39, 0.29) is 25.5 Å². The van der Waals surface area contributed by atoms with Crippen LogP contribution in [0.5, 0.6) is 11.5 Å². The molecular formula is C40H42F6N6O2S2. The van der Waals surface area contributed by atoms with Crippen LogP contribution in [0, 0.1) is 13.8 Å². The Kier molecular flexibility index (Phi) is 13.8. The largest absolute Gasteiger partial charge is 0.478 e. The Bertz CT molecular complexity index is 2010. The highest BCUT2D eigenvalue weighted by molar-refractivity contribution is 7.98. The SMILES string of the molecule is CSc1ccc(OC(C=CC(=C2C=C2)C(Oc2ccc(SC)cc2C)C2=NN(/C=C/C=C/C(F)(F)F)CN2C)C2=NN(/C=C/C=C/C(F)(F)F)CN2C)c(C)c1. The van der Waals surface area contributed by atoms with Crippen molar-refractivity contribution in [1.29, 1.82) is 0 Å². The van der Waals surface area contributed by atoms with Gasteiger partial charge in [0.15, 0.2) is 23.9 Å². The number of hydrogen-bond donors (Lipinski definition) is 0. The molecular weight excluding hydrogens is 775 g/mol. The van der Waals surface area contributed by atoms with E-state index in [9.17, 15) is 26.3 Å². The van der Waals surface area contributed by atoms with Gasteiger partial charge < -0.3 is 19.3 Å². The fourth-order valence-corrected chi connectivity index (χ4v) is 6.59. The number of thioether (sulfide) groups is 2. The Balaban J connectivity index is 1.54. The molecule has 2 aliphatic heterocycles. The van der Waals surface area contributed by atoms with Gasteiger partial charge in [-0.3, -0.25) is 10.0 Å². The molecule has 1 aliphatic carbocycles. The van der Waals surface area contributed by atoms with Gasteiger partial charge in [-0.15, -0.1) is 23.5 Å². The zero-order valence-corrected chi connectivity index (χ0v) is 33.2. The molecule has 2 aromatic rings. The average Bonchev–Trinajstić information content (AvgIpc) is 3.81. The lowest BCUT2D eigenvalue weighted by Crippen LogP contribution is -2.39. The van der Waals surface area contributed by atoms with Crippen molar-refractivity contribution in [2.75, 3.05) is 39.9 Å². The maximum atomic E-state index is 12.7. The van der Waals surface area contributed by atoms with Crippen molar-refractivity contribution in [3.63, 3.8) is 0 Å². The van der Waals surface area contributed by atoms with Crippen molar-refractivity contribution in [2.45, 2.75) is 48.2 Å². The van der Waals surface area contributed by atoms with Crippen molar-refractivity contribution >= 4 is 35.2 Å². The molecule has 0 amide bonds. The molecule has 8 nitrogen and oxygen atoms in total. The molecule has 0 fully saturated rings. The first-order chi connectivity index (χ1) is 26.5. The standard InChI is InChI=1S/C40H42F6N6O2S2/c1-27-23-30(55-5)13-16-33(27)53-35(37-47-51(25-49(37)3)21-9-7-19-39(41,42)43)18-15-32(29-11-12-29)36(54-34-17-14-31(56-6)24-28(34)2)38-48-52(26-50(38)4)22-10-8-20-40(44,45)46/h7-24,35-36H,25-26H2,1-6H3/b18-15?,19-7+,20-8+,21-9+,22-10+. The second-order valence-electron chi connectivity index (χ2n) is 12.9. The molecule has 0 bridgehead atoms. The third-order valence-electron chi connectivity index (χ3n) is 8.42. The number of benzene rings is 2. The Morgan fingerprint density at radius 1 is 0.714 bits per heavy atom. The number of likely N-dealkylation sites (N-methyl/N-ethyl adjacent to an activating group) is 2. The van der Waals surface area contributed by atoms with Gasteiger partial charge >= 0.3 is 12.4 Å². The second kappa shape index (κ2) is 18.3. The molecule has 0 spiro atoms. The van der Waals surface area contributed by atoms with E-state index in [2.05, 4.69) is 0 Å². The van der Waals surface area contributed by atoms with Crippen LogP contribution in [0.1, 0.15) is 11.1 Å². The van der Waals surface area contributed by atoms with Gasteiger partial charge in [0.05, 0.1) is 0 Å². The summed E-state index contributed by atoms with van der Waals surface area (Å²) in [6.45, 7) is 4.42. The Morgan fingerprint density at radius 3 is 1.66 bits per heavy atom. The molecule has 0 aromatic heterocycles. The minimum Gasteiger partial charge on any atom is -0.478 e. The van der Waals surface area contributed by atoms with Gasteiger partial charge in [0.1, 0.15) is 24.8 Å². The van der Waals surface area contributed by atoms with Crippen molar-refractivity contribution in [3.05, 3.63) is 132 Å². The number of hydrazone groups is 2. The molecule has 56 heavy (non-hydrogen) atoms. The Morgan fingerprint density at radius 2 is 1.20 bits per heavy atom. The molecule has 298 valence electrons. The summed E-state index contributed by atoms with van der Waals surface area (Å²) in [5.74, 6) is 2.26. The van der Waals surface area contributed by atoms with E-state index in [0.717, 1.165) is 44.2 Å². The molecule has 2 unspecified atom stereocenters. The summed E-state index contributed by atoms with van der Waals surface area (Å²) in [7, 11) is 3.64. The van der Waals surface area contributed by atoms with Gasteiger partial charge in [0.2, 0.25) is 0 Å². The second-order valence-corrected chi connectivity index (χ2v) is 14.6. The molecule has 2 atom stereocenters. The van der Waals surface area contributed by atoms with Crippen LogP contribution < -0.4 is 9.47 Å². The van der Waals surface area contributed by atoms with Gasteiger partial charge in [-0.1, -0.05) is 30.4 Å². The monoisotopic (exact) mass is 816 g/mol. The first-order valence-electron chi connectivity index (χ1n) is 17.2. The number of aryl methyl sites for hydroxylation is 2. The summed E-state index contributed by atoms with van der Waals surface area (Å²) in [5, 5.41) is 12.5. The highest BCUT2D eigenvalue weighted by Gasteiger charge is 2.34. The lowest BCUT2D eigenvalue weighted by molar-refractivity contribution is -0.0807. The molecule has 2 heterocycles. The van der Waals surface area contributed by atoms with Gasteiger partial charge in [0, 0.05) is 54.0 Å². The van der Waals surface area contributed by atoms with Crippen LogP contribution in [-0.2, 0) is 0 Å². The molecule has 0 N–H and O–H groups in total. The molecule has 0 radical (unpaired) electrons. The van der Waals surface area contributed by atoms with Crippen LogP contribution in [0.4, 0.5) is 26.3 Å². The summed E-state index contributed by atoms with van der Waals surface area (Å²) >= 11 is 3.21. The summed E-state index contributed by atoms with van der Waals surface area (Å²) < 4.78 is 89.6. The number of ether oxygens (including phenoxy) is 2. The lowest BCUT2D eigenvalue weighted by atomic mass is 10.0. The van der Waals surface area contributed by atoms with Crippen LogP contribution in [0.15, 0.2) is 141 Å².